The third kappa shape index (κ3) is 5.41. The van der Waals surface area contributed by atoms with E-state index in [-0.39, 0.29) is 12.6 Å². The summed E-state index contributed by atoms with van der Waals surface area (Å²) in [6, 6.07) is 8.87. The molecule has 23 heavy (non-hydrogen) atoms. The molecule has 1 aromatic heterocycles. The second-order valence-corrected chi connectivity index (χ2v) is 5.05. The molecule has 8 heteroatoms. The summed E-state index contributed by atoms with van der Waals surface area (Å²) in [6.45, 7) is 0.191. The Balaban J connectivity index is 1.92. The highest BCUT2D eigenvalue weighted by atomic mass is 19.4. The van der Waals surface area contributed by atoms with Crippen molar-refractivity contribution < 1.29 is 18.0 Å². The maximum absolute atomic E-state index is 12.0. The Morgan fingerprint density at radius 3 is 2.78 bits per heavy atom. The molecule has 0 radical (unpaired) electrons. The first-order chi connectivity index (χ1) is 10.8. The molecule has 0 saturated heterocycles. The summed E-state index contributed by atoms with van der Waals surface area (Å²) in [6.07, 6.45) is -0.877. The predicted octanol–water partition coefficient (Wildman–Crippen LogP) is 2.20. The van der Waals surface area contributed by atoms with Crippen molar-refractivity contribution in [2.24, 2.45) is 0 Å². The fraction of sp³-hybridized carbons (Fsp3) is 0.333. The molecule has 124 valence electrons. The largest absolute Gasteiger partial charge is 0.401 e. The van der Waals surface area contributed by atoms with Gasteiger partial charge in [0.15, 0.2) is 0 Å². The quantitative estimate of drug-likeness (QED) is 0.856. The fourth-order valence-electron chi connectivity index (χ4n) is 2.05. The van der Waals surface area contributed by atoms with Crippen molar-refractivity contribution >= 4 is 5.91 Å². The highest BCUT2D eigenvalue weighted by Crippen LogP contribution is 2.16. The van der Waals surface area contributed by atoms with E-state index in [1.165, 1.54) is 0 Å². The Labute approximate surface area is 131 Å². The standard InChI is InChI=1S/C15H17F3N4O/c1-11(21-14(23)9-19-10-15(16,17)18)12-4-2-5-13(8-12)22-7-3-6-20-22/h2-8,11,19H,9-10H2,1H3,(H,21,23). The predicted molar refractivity (Wildman–Crippen MR) is 79.0 cm³/mol. The molecule has 0 bridgehead atoms. The fourth-order valence-corrected chi connectivity index (χ4v) is 2.05. The van der Waals surface area contributed by atoms with Crippen molar-refractivity contribution in [2.75, 3.05) is 13.1 Å². The number of carbonyl (C=O) groups excluding carboxylic acids is 1. The summed E-state index contributed by atoms with van der Waals surface area (Å²) in [7, 11) is 0. The molecule has 0 aliphatic heterocycles. The van der Waals surface area contributed by atoms with Gasteiger partial charge in [0, 0.05) is 12.4 Å². The van der Waals surface area contributed by atoms with Crippen LogP contribution in [0.3, 0.4) is 0 Å². The summed E-state index contributed by atoms with van der Waals surface area (Å²) in [4.78, 5) is 11.7. The summed E-state index contributed by atoms with van der Waals surface area (Å²) in [5.41, 5.74) is 1.67. The van der Waals surface area contributed by atoms with E-state index in [1.54, 1.807) is 30.1 Å². The van der Waals surface area contributed by atoms with E-state index < -0.39 is 18.6 Å². The molecule has 0 aliphatic rings. The third-order valence-corrected chi connectivity index (χ3v) is 3.13. The van der Waals surface area contributed by atoms with E-state index in [0.29, 0.717) is 0 Å². The second-order valence-electron chi connectivity index (χ2n) is 5.05. The lowest BCUT2D eigenvalue weighted by atomic mass is 10.1. The summed E-state index contributed by atoms with van der Waals surface area (Å²) in [5, 5.41) is 8.85. The van der Waals surface area contributed by atoms with Gasteiger partial charge in [-0.15, -0.1) is 0 Å². The second kappa shape index (κ2) is 7.28. The van der Waals surface area contributed by atoms with Gasteiger partial charge in [0.2, 0.25) is 5.91 Å². The number of amides is 1. The van der Waals surface area contributed by atoms with Crippen molar-refractivity contribution in [3.63, 3.8) is 0 Å². The third-order valence-electron chi connectivity index (χ3n) is 3.13. The van der Waals surface area contributed by atoms with Crippen LogP contribution in [0.1, 0.15) is 18.5 Å². The molecule has 2 rings (SSSR count). The van der Waals surface area contributed by atoms with Gasteiger partial charge in [-0.1, -0.05) is 12.1 Å². The van der Waals surface area contributed by atoms with Crippen LogP contribution in [0.15, 0.2) is 42.7 Å². The van der Waals surface area contributed by atoms with Gasteiger partial charge in [-0.3, -0.25) is 4.79 Å². The first kappa shape index (κ1) is 17.0. The number of hydrogen-bond donors (Lipinski definition) is 2. The molecule has 1 amide bonds. The van der Waals surface area contributed by atoms with Crippen LogP contribution < -0.4 is 10.6 Å². The monoisotopic (exact) mass is 326 g/mol. The number of rotatable bonds is 6. The number of carbonyl (C=O) groups is 1. The zero-order chi connectivity index (χ0) is 16.9. The van der Waals surface area contributed by atoms with Gasteiger partial charge in [0.1, 0.15) is 0 Å². The van der Waals surface area contributed by atoms with E-state index in [2.05, 4.69) is 15.7 Å². The summed E-state index contributed by atoms with van der Waals surface area (Å²) < 4.78 is 37.7. The highest BCUT2D eigenvalue weighted by molar-refractivity contribution is 5.78. The van der Waals surface area contributed by atoms with Crippen LogP contribution in [0.25, 0.3) is 5.69 Å². The lowest BCUT2D eigenvalue weighted by molar-refractivity contribution is -0.128. The van der Waals surface area contributed by atoms with Gasteiger partial charge in [0.05, 0.1) is 24.8 Å². The van der Waals surface area contributed by atoms with Gasteiger partial charge >= 0.3 is 6.18 Å². The normalized spacial score (nSPS) is 12.9. The molecule has 2 N–H and O–H groups in total. The smallest absolute Gasteiger partial charge is 0.348 e. The van der Waals surface area contributed by atoms with Crippen LogP contribution in [-0.2, 0) is 4.79 Å². The topological polar surface area (TPSA) is 59.0 Å². The van der Waals surface area contributed by atoms with Gasteiger partial charge in [-0.25, -0.2) is 4.68 Å². The minimum Gasteiger partial charge on any atom is -0.348 e. The molecule has 1 atom stereocenters. The number of nitrogens with zero attached hydrogens (tertiary/aromatic N) is 2. The SMILES string of the molecule is CC(NC(=O)CNCC(F)(F)F)c1cccc(-n2cccn2)c1. The molecule has 0 fully saturated rings. The Hall–Kier alpha value is -2.35. The van der Waals surface area contributed by atoms with Gasteiger partial charge in [0.25, 0.3) is 0 Å². The first-order valence-corrected chi connectivity index (χ1v) is 7.02. The molecule has 1 aromatic carbocycles. The van der Waals surface area contributed by atoms with E-state index in [0.717, 1.165) is 11.3 Å². The van der Waals surface area contributed by atoms with Gasteiger partial charge in [-0.05, 0) is 30.7 Å². The lowest BCUT2D eigenvalue weighted by Gasteiger charge is -2.16. The van der Waals surface area contributed by atoms with E-state index in [4.69, 9.17) is 0 Å². The molecule has 1 heterocycles. The van der Waals surface area contributed by atoms with E-state index in [9.17, 15) is 18.0 Å². The summed E-state index contributed by atoms with van der Waals surface area (Å²) >= 11 is 0. The highest BCUT2D eigenvalue weighted by Gasteiger charge is 2.26. The Bertz CT molecular complexity index is 640. The van der Waals surface area contributed by atoms with Gasteiger partial charge in [-0.2, -0.15) is 18.3 Å². The van der Waals surface area contributed by atoms with E-state index in [1.807, 2.05) is 24.3 Å². The zero-order valence-electron chi connectivity index (χ0n) is 12.5. The molecule has 0 spiro atoms. The van der Waals surface area contributed by atoms with Crippen LogP contribution in [0.5, 0.6) is 0 Å². The maximum Gasteiger partial charge on any atom is 0.401 e. The Morgan fingerprint density at radius 1 is 1.35 bits per heavy atom. The number of aromatic nitrogens is 2. The maximum atomic E-state index is 12.0. The molecular weight excluding hydrogens is 309 g/mol. The number of halogens is 3. The van der Waals surface area contributed by atoms with Crippen molar-refractivity contribution in [3.8, 4) is 5.69 Å². The van der Waals surface area contributed by atoms with Crippen molar-refractivity contribution in [1.29, 1.82) is 0 Å². The van der Waals surface area contributed by atoms with Crippen molar-refractivity contribution in [2.45, 2.75) is 19.1 Å². The van der Waals surface area contributed by atoms with E-state index >= 15 is 0 Å². The van der Waals surface area contributed by atoms with Crippen molar-refractivity contribution in [3.05, 3.63) is 48.3 Å². The molecule has 2 aromatic rings. The summed E-state index contributed by atoms with van der Waals surface area (Å²) in [5.74, 6) is -0.494. The molecule has 0 aliphatic carbocycles. The van der Waals surface area contributed by atoms with Crippen LogP contribution >= 0.6 is 0 Å². The molecule has 1 unspecified atom stereocenters. The van der Waals surface area contributed by atoms with Gasteiger partial charge < -0.3 is 10.6 Å². The first-order valence-electron chi connectivity index (χ1n) is 7.02. The molecular formula is C15H17F3N4O. The lowest BCUT2D eigenvalue weighted by Crippen LogP contribution is -2.39. The zero-order valence-corrected chi connectivity index (χ0v) is 12.5. The molecule has 5 nitrogen and oxygen atoms in total. The number of hydrogen-bond acceptors (Lipinski definition) is 3. The number of alkyl halides is 3. The average molecular weight is 326 g/mol. The Kier molecular flexibility index (Phi) is 5.38. The van der Waals surface area contributed by atoms with Crippen LogP contribution in [0.2, 0.25) is 0 Å². The Morgan fingerprint density at radius 2 is 2.13 bits per heavy atom. The molecule has 0 saturated carbocycles. The minimum atomic E-state index is -4.33. The van der Waals surface area contributed by atoms with Crippen LogP contribution in [0.4, 0.5) is 13.2 Å². The minimum absolute atomic E-state index is 0.328. The van der Waals surface area contributed by atoms with Crippen LogP contribution in [-0.4, -0.2) is 35.0 Å². The van der Waals surface area contributed by atoms with Crippen molar-refractivity contribution in [1.82, 2.24) is 20.4 Å². The van der Waals surface area contributed by atoms with Crippen LogP contribution in [0, 0.1) is 0 Å². The number of benzene rings is 1. The average Bonchev–Trinajstić information content (AvgIpc) is 3.00. The number of nitrogens with one attached hydrogen (secondary N) is 2.